The molecule has 0 aliphatic heterocycles. The summed E-state index contributed by atoms with van der Waals surface area (Å²) in [6, 6.07) is 1.01. The number of aliphatic hydroxyl groups excluding tert-OH is 1. The van der Waals surface area contributed by atoms with Crippen molar-refractivity contribution >= 4 is 12.0 Å². The summed E-state index contributed by atoms with van der Waals surface area (Å²) in [5.74, 6) is -0.391. The molecule has 100 valence electrons. The highest BCUT2D eigenvalue weighted by atomic mass is 16.4. The average molecular weight is 256 g/mol. The molecule has 0 saturated heterocycles. The van der Waals surface area contributed by atoms with E-state index < -0.39 is 5.97 Å². The van der Waals surface area contributed by atoms with Gasteiger partial charge < -0.3 is 24.8 Å². The first-order valence-electron chi connectivity index (χ1n) is 5.38. The van der Waals surface area contributed by atoms with Gasteiger partial charge in [0.15, 0.2) is 0 Å². The van der Waals surface area contributed by atoms with Crippen molar-refractivity contribution in [3.05, 3.63) is 23.2 Å². The molecule has 0 bridgehead atoms. The van der Waals surface area contributed by atoms with Gasteiger partial charge in [0.25, 0.3) is 0 Å². The quantitative estimate of drug-likeness (QED) is 0.708. The van der Waals surface area contributed by atoms with Gasteiger partial charge in [-0.1, -0.05) is 0 Å². The topological polar surface area (TPSA) is 103 Å². The van der Waals surface area contributed by atoms with Crippen molar-refractivity contribution in [1.82, 2.24) is 10.2 Å². The number of aliphatic hydroxyl groups is 1. The molecule has 3 N–H and O–H groups in total. The van der Waals surface area contributed by atoms with Crippen molar-refractivity contribution in [3.8, 4) is 0 Å². The van der Waals surface area contributed by atoms with Gasteiger partial charge in [0.2, 0.25) is 0 Å². The Balaban J connectivity index is 2.56. The third-order valence-electron chi connectivity index (χ3n) is 2.40. The van der Waals surface area contributed by atoms with Gasteiger partial charge >= 0.3 is 12.0 Å². The Kier molecular flexibility index (Phi) is 4.73. The number of aromatic carboxylic acids is 1. The van der Waals surface area contributed by atoms with E-state index in [1.54, 1.807) is 14.0 Å². The number of hydrogen-bond acceptors (Lipinski definition) is 4. The maximum atomic E-state index is 11.5. The minimum absolute atomic E-state index is 0.0861. The molecule has 0 spiro atoms. The summed E-state index contributed by atoms with van der Waals surface area (Å²) < 4.78 is 5.20. The second kappa shape index (κ2) is 6.06. The SMILES string of the molecule is Cc1oc(CNC(=O)N(C)CCO)cc1C(=O)O. The minimum Gasteiger partial charge on any atom is -0.478 e. The lowest BCUT2D eigenvalue weighted by Crippen LogP contribution is -2.38. The van der Waals surface area contributed by atoms with E-state index in [0.29, 0.717) is 11.5 Å². The van der Waals surface area contributed by atoms with Crippen LogP contribution in [0.25, 0.3) is 0 Å². The minimum atomic E-state index is -1.06. The van der Waals surface area contributed by atoms with Crippen LogP contribution in [0.5, 0.6) is 0 Å². The average Bonchev–Trinajstić information content (AvgIpc) is 2.68. The van der Waals surface area contributed by atoms with E-state index in [2.05, 4.69) is 5.32 Å². The van der Waals surface area contributed by atoms with Crippen molar-refractivity contribution in [1.29, 1.82) is 0 Å². The molecule has 0 atom stereocenters. The molecule has 0 unspecified atom stereocenters. The van der Waals surface area contributed by atoms with E-state index in [-0.39, 0.29) is 31.3 Å². The highest BCUT2D eigenvalue weighted by Crippen LogP contribution is 2.14. The number of likely N-dealkylation sites (N-methyl/N-ethyl adjacent to an activating group) is 1. The van der Waals surface area contributed by atoms with Gasteiger partial charge in [-0.05, 0) is 13.0 Å². The normalized spacial score (nSPS) is 10.2. The molecular weight excluding hydrogens is 240 g/mol. The lowest BCUT2D eigenvalue weighted by atomic mass is 10.2. The van der Waals surface area contributed by atoms with Crippen molar-refractivity contribution in [3.63, 3.8) is 0 Å². The molecule has 1 aromatic heterocycles. The number of nitrogens with one attached hydrogen (secondary N) is 1. The van der Waals surface area contributed by atoms with Gasteiger partial charge in [-0.25, -0.2) is 9.59 Å². The molecular formula is C11H16N2O5. The van der Waals surface area contributed by atoms with Crippen LogP contribution >= 0.6 is 0 Å². The molecule has 0 aliphatic rings. The summed E-state index contributed by atoms with van der Waals surface area (Å²) in [5, 5.41) is 20.0. The van der Waals surface area contributed by atoms with Gasteiger partial charge in [-0.15, -0.1) is 0 Å². The second-order valence-electron chi connectivity index (χ2n) is 3.79. The molecule has 1 heterocycles. The molecule has 1 rings (SSSR count). The molecule has 0 aliphatic carbocycles. The summed E-state index contributed by atoms with van der Waals surface area (Å²) in [6.07, 6.45) is 0. The van der Waals surface area contributed by atoms with Crippen LogP contribution < -0.4 is 5.32 Å². The molecule has 1 aromatic rings. The number of hydrogen-bond donors (Lipinski definition) is 3. The van der Waals surface area contributed by atoms with Gasteiger partial charge in [-0.2, -0.15) is 0 Å². The summed E-state index contributed by atoms with van der Waals surface area (Å²) in [6.45, 7) is 1.76. The van der Waals surface area contributed by atoms with Crippen LogP contribution in [0.2, 0.25) is 0 Å². The maximum Gasteiger partial charge on any atom is 0.339 e. The van der Waals surface area contributed by atoms with Crippen molar-refractivity contribution in [2.24, 2.45) is 0 Å². The van der Waals surface area contributed by atoms with E-state index in [0.717, 1.165) is 0 Å². The smallest absolute Gasteiger partial charge is 0.339 e. The summed E-state index contributed by atoms with van der Waals surface area (Å²) in [4.78, 5) is 23.6. The number of nitrogens with zero attached hydrogens (tertiary/aromatic N) is 1. The zero-order chi connectivity index (χ0) is 13.7. The Morgan fingerprint density at radius 1 is 1.50 bits per heavy atom. The van der Waals surface area contributed by atoms with Crippen LogP contribution in [0, 0.1) is 6.92 Å². The van der Waals surface area contributed by atoms with Crippen LogP contribution in [0.1, 0.15) is 21.9 Å². The van der Waals surface area contributed by atoms with E-state index in [4.69, 9.17) is 14.6 Å². The second-order valence-corrected chi connectivity index (χ2v) is 3.79. The standard InChI is InChI=1S/C11H16N2O5/c1-7-9(10(15)16)5-8(18-7)6-12-11(17)13(2)3-4-14/h5,14H,3-4,6H2,1-2H3,(H,12,17)(H,15,16). The fraction of sp³-hybridized carbons (Fsp3) is 0.455. The number of amides is 2. The molecule has 7 heteroatoms. The highest BCUT2D eigenvalue weighted by molar-refractivity contribution is 5.88. The maximum absolute atomic E-state index is 11.5. The zero-order valence-electron chi connectivity index (χ0n) is 10.3. The van der Waals surface area contributed by atoms with Gasteiger partial charge in [0, 0.05) is 13.6 Å². The number of aryl methyl sites for hydroxylation is 1. The summed E-state index contributed by atoms with van der Waals surface area (Å²) >= 11 is 0. The molecule has 0 radical (unpaired) electrons. The Labute approximate surface area is 104 Å². The summed E-state index contributed by atoms with van der Waals surface area (Å²) in [5.41, 5.74) is 0.0861. The summed E-state index contributed by atoms with van der Waals surface area (Å²) in [7, 11) is 1.54. The van der Waals surface area contributed by atoms with Crippen LogP contribution in [0.15, 0.2) is 10.5 Å². The van der Waals surface area contributed by atoms with E-state index in [1.165, 1.54) is 11.0 Å². The Bertz CT molecular complexity index is 441. The first-order valence-corrected chi connectivity index (χ1v) is 5.38. The zero-order valence-corrected chi connectivity index (χ0v) is 10.3. The van der Waals surface area contributed by atoms with Crippen LogP contribution in [0.4, 0.5) is 4.79 Å². The number of carboxylic acid groups (broad SMARTS) is 1. The molecule has 0 aromatic carbocycles. The lowest BCUT2D eigenvalue weighted by molar-refractivity contribution is 0.0695. The van der Waals surface area contributed by atoms with E-state index in [9.17, 15) is 9.59 Å². The van der Waals surface area contributed by atoms with Gasteiger partial charge in [0.05, 0.1) is 13.2 Å². The molecule has 2 amide bonds. The molecule has 0 saturated carbocycles. The number of carboxylic acids is 1. The molecule has 0 fully saturated rings. The number of carbonyl (C=O) groups excluding carboxylic acids is 1. The third kappa shape index (κ3) is 3.49. The Morgan fingerprint density at radius 2 is 2.17 bits per heavy atom. The lowest BCUT2D eigenvalue weighted by Gasteiger charge is -2.15. The van der Waals surface area contributed by atoms with Crippen LogP contribution in [-0.4, -0.2) is 47.3 Å². The largest absolute Gasteiger partial charge is 0.478 e. The van der Waals surface area contributed by atoms with Gasteiger partial charge in [-0.3, -0.25) is 0 Å². The van der Waals surface area contributed by atoms with Crippen LogP contribution in [0.3, 0.4) is 0 Å². The molecule has 18 heavy (non-hydrogen) atoms. The monoisotopic (exact) mass is 256 g/mol. The number of carbonyl (C=O) groups is 2. The van der Waals surface area contributed by atoms with E-state index in [1.807, 2.05) is 0 Å². The Hall–Kier alpha value is -2.02. The fourth-order valence-corrected chi connectivity index (χ4v) is 1.39. The third-order valence-corrected chi connectivity index (χ3v) is 2.40. The van der Waals surface area contributed by atoms with Gasteiger partial charge in [0.1, 0.15) is 17.1 Å². The predicted molar refractivity (Wildman–Crippen MR) is 62.4 cm³/mol. The molecule has 7 nitrogen and oxygen atoms in total. The number of furan rings is 1. The van der Waals surface area contributed by atoms with Crippen molar-refractivity contribution < 1.29 is 24.2 Å². The first kappa shape index (κ1) is 14.0. The Morgan fingerprint density at radius 3 is 2.67 bits per heavy atom. The van der Waals surface area contributed by atoms with Crippen molar-refractivity contribution in [2.45, 2.75) is 13.5 Å². The number of urea groups is 1. The fourth-order valence-electron chi connectivity index (χ4n) is 1.39. The highest BCUT2D eigenvalue weighted by Gasteiger charge is 2.14. The predicted octanol–water partition coefficient (Wildman–Crippen LogP) is 0.420. The first-order chi connectivity index (χ1) is 8.45. The van der Waals surface area contributed by atoms with E-state index >= 15 is 0 Å². The van der Waals surface area contributed by atoms with Crippen LogP contribution in [-0.2, 0) is 6.54 Å². The van der Waals surface area contributed by atoms with Crippen molar-refractivity contribution in [2.75, 3.05) is 20.2 Å². The number of rotatable bonds is 5.